The molecule has 0 saturated carbocycles. The monoisotopic (exact) mass is 216 g/mol. The van der Waals surface area contributed by atoms with Gasteiger partial charge >= 0.3 is 5.97 Å². The van der Waals surface area contributed by atoms with E-state index in [1.54, 1.807) is 0 Å². The predicted molar refractivity (Wildman–Crippen MR) is 60.8 cm³/mol. The van der Waals surface area contributed by atoms with Crippen molar-refractivity contribution in [1.82, 2.24) is 0 Å². The molecule has 90 valence electrons. The van der Waals surface area contributed by atoms with Crippen LogP contribution in [0.15, 0.2) is 0 Å². The quantitative estimate of drug-likeness (QED) is 0.485. The summed E-state index contributed by atoms with van der Waals surface area (Å²) in [7, 11) is 0. The first kappa shape index (κ1) is 14.4. The molecule has 0 aromatic heterocycles. The van der Waals surface area contributed by atoms with Crippen LogP contribution < -0.4 is 0 Å². The van der Waals surface area contributed by atoms with E-state index in [-0.39, 0.29) is 11.6 Å². The number of hydrogen-bond donors (Lipinski definition) is 0. The molecule has 0 amide bonds. The van der Waals surface area contributed by atoms with Gasteiger partial charge < -0.3 is 9.47 Å². The fourth-order valence-corrected chi connectivity index (χ4v) is 1.11. The molecular weight excluding hydrogens is 192 g/mol. The molecule has 0 N–H and O–H groups in total. The van der Waals surface area contributed by atoms with Crippen LogP contribution in [0.2, 0.25) is 0 Å². The third kappa shape index (κ3) is 11.4. The first-order valence-electron chi connectivity index (χ1n) is 5.75. The standard InChI is InChI=1S/C12H24O3/c1-5-9-14-10-7-6-8-11(13)15-12(2,3)4/h5-10H2,1-4H3. The molecule has 0 unspecified atom stereocenters. The first-order valence-corrected chi connectivity index (χ1v) is 5.75. The highest BCUT2D eigenvalue weighted by Crippen LogP contribution is 2.09. The van der Waals surface area contributed by atoms with Gasteiger partial charge in [0, 0.05) is 19.6 Å². The van der Waals surface area contributed by atoms with Gasteiger partial charge in [-0.05, 0) is 40.0 Å². The highest BCUT2D eigenvalue weighted by molar-refractivity contribution is 5.69. The number of rotatable bonds is 7. The van der Waals surface area contributed by atoms with E-state index >= 15 is 0 Å². The van der Waals surface area contributed by atoms with Gasteiger partial charge in [-0.25, -0.2) is 0 Å². The molecule has 0 aromatic rings. The van der Waals surface area contributed by atoms with Crippen molar-refractivity contribution in [2.24, 2.45) is 0 Å². The van der Waals surface area contributed by atoms with E-state index in [2.05, 4.69) is 6.92 Å². The Hall–Kier alpha value is -0.570. The van der Waals surface area contributed by atoms with Crippen LogP contribution >= 0.6 is 0 Å². The SMILES string of the molecule is CCCOCCCCC(=O)OC(C)(C)C. The zero-order valence-electron chi connectivity index (χ0n) is 10.5. The maximum Gasteiger partial charge on any atom is 0.306 e. The van der Waals surface area contributed by atoms with Gasteiger partial charge in [0.1, 0.15) is 5.60 Å². The fourth-order valence-electron chi connectivity index (χ4n) is 1.11. The average molecular weight is 216 g/mol. The number of esters is 1. The summed E-state index contributed by atoms with van der Waals surface area (Å²) in [5.41, 5.74) is -0.365. The van der Waals surface area contributed by atoms with E-state index in [1.165, 1.54) is 0 Å². The van der Waals surface area contributed by atoms with Crippen LogP contribution in [0.1, 0.15) is 53.4 Å². The van der Waals surface area contributed by atoms with Crippen molar-refractivity contribution in [1.29, 1.82) is 0 Å². The number of carbonyl (C=O) groups is 1. The molecule has 0 bridgehead atoms. The van der Waals surface area contributed by atoms with Gasteiger partial charge in [0.15, 0.2) is 0 Å². The Kier molecular flexibility index (Phi) is 7.39. The molecule has 0 fully saturated rings. The number of ether oxygens (including phenoxy) is 2. The van der Waals surface area contributed by atoms with Crippen LogP contribution in [0.25, 0.3) is 0 Å². The van der Waals surface area contributed by atoms with Gasteiger partial charge in [0.05, 0.1) is 0 Å². The molecule has 0 aliphatic carbocycles. The second-order valence-electron chi connectivity index (χ2n) is 4.66. The molecule has 0 saturated heterocycles. The first-order chi connectivity index (χ1) is 6.95. The molecule has 0 spiro atoms. The second kappa shape index (κ2) is 7.69. The maximum absolute atomic E-state index is 11.3. The van der Waals surface area contributed by atoms with Crippen molar-refractivity contribution in [2.45, 2.75) is 59.0 Å². The molecule has 0 atom stereocenters. The van der Waals surface area contributed by atoms with Gasteiger partial charge in [0.25, 0.3) is 0 Å². The van der Waals surface area contributed by atoms with Crippen molar-refractivity contribution >= 4 is 5.97 Å². The minimum absolute atomic E-state index is 0.113. The van der Waals surface area contributed by atoms with Crippen LogP contribution in [-0.2, 0) is 14.3 Å². The number of carbonyl (C=O) groups excluding carboxylic acids is 1. The van der Waals surface area contributed by atoms with Crippen molar-refractivity contribution < 1.29 is 14.3 Å². The van der Waals surface area contributed by atoms with Gasteiger partial charge in [-0.3, -0.25) is 4.79 Å². The fraction of sp³-hybridized carbons (Fsp3) is 0.917. The van der Waals surface area contributed by atoms with Crippen LogP contribution in [0.4, 0.5) is 0 Å². The van der Waals surface area contributed by atoms with Crippen molar-refractivity contribution in [3.63, 3.8) is 0 Å². The molecule has 0 rings (SSSR count). The van der Waals surface area contributed by atoms with Gasteiger partial charge in [0.2, 0.25) is 0 Å². The maximum atomic E-state index is 11.3. The molecule has 15 heavy (non-hydrogen) atoms. The summed E-state index contributed by atoms with van der Waals surface area (Å²) in [6.45, 7) is 9.30. The highest BCUT2D eigenvalue weighted by Gasteiger charge is 2.15. The third-order valence-electron chi connectivity index (χ3n) is 1.69. The van der Waals surface area contributed by atoms with E-state index in [0.717, 1.165) is 32.5 Å². The minimum atomic E-state index is -0.365. The van der Waals surface area contributed by atoms with E-state index in [1.807, 2.05) is 20.8 Å². The molecule has 3 nitrogen and oxygen atoms in total. The predicted octanol–water partition coefficient (Wildman–Crippen LogP) is 2.93. The molecule has 3 heteroatoms. The lowest BCUT2D eigenvalue weighted by Gasteiger charge is -2.19. The second-order valence-corrected chi connectivity index (χ2v) is 4.66. The summed E-state index contributed by atoms with van der Waals surface area (Å²) in [6.07, 6.45) is 3.32. The largest absolute Gasteiger partial charge is 0.460 e. The Labute approximate surface area is 93.1 Å². The van der Waals surface area contributed by atoms with Gasteiger partial charge in [-0.1, -0.05) is 6.92 Å². The Morgan fingerprint density at radius 3 is 2.33 bits per heavy atom. The van der Waals surface area contributed by atoms with E-state index in [0.29, 0.717) is 6.42 Å². The van der Waals surface area contributed by atoms with E-state index in [4.69, 9.17) is 9.47 Å². The zero-order valence-corrected chi connectivity index (χ0v) is 10.5. The third-order valence-corrected chi connectivity index (χ3v) is 1.69. The topological polar surface area (TPSA) is 35.5 Å². The molecular formula is C12H24O3. The summed E-state index contributed by atoms with van der Waals surface area (Å²) in [5, 5.41) is 0. The summed E-state index contributed by atoms with van der Waals surface area (Å²) in [4.78, 5) is 11.3. The smallest absolute Gasteiger partial charge is 0.306 e. The highest BCUT2D eigenvalue weighted by atomic mass is 16.6. The molecule has 0 aliphatic rings. The van der Waals surface area contributed by atoms with E-state index < -0.39 is 0 Å². The van der Waals surface area contributed by atoms with Gasteiger partial charge in [-0.2, -0.15) is 0 Å². The van der Waals surface area contributed by atoms with Crippen LogP contribution in [-0.4, -0.2) is 24.8 Å². The minimum Gasteiger partial charge on any atom is -0.460 e. The normalized spacial score (nSPS) is 11.5. The molecule has 0 heterocycles. The van der Waals surface area contributed by atoms with Crippen molar-refractivity contribution in [3.8, 4) is 0 Å². The Morgan fingerprint density at radius 1 is 1.13 bits per heavy atom. The Bertz CT molecular complexity index is 170. The summed E-state index contributed by atoms with van der Waals surface area (Å²) < 4.78 is 10.5. The van der Waals surface area contributed by atoms with Crippen LogP contribution in [0.3, 0.4) is 0 Å². The number of unbranched alkanes of at least 4 members (excludes halogenated alkanes) is 1. The molecule has 0 aliphatic heterocycles. The van der Waals surface area contributed by atoms with E-state index in [9.17, 15) is 4.79 Å². The molecule has 0 aromatic carbocycles. The zero-order chi connectivity index (χ0) is 11.7. The average Bonchev–Trinajstić information content (AvgIpc) is 2.08. The Balaban J connectivity index is 3.32. The summed E-state index contributed by atoms with van der Waals surface area (Å²) >= 11 is 0. The summed E-state index contributed by atoms with van der Waals surface area (Å²) in [6, 6.07) is 0. The Morgan fingerprint density at radius 2 is 1.80 bits per heavy atom. The lowest BCUT2D eigenvalue weighted by atomic mass is 10.2. The van der Waals surface area contributed by atoms with Crippen molar-refractivity contribution in [3.05, 3.63) is 0 Å². The van der Waals surface area contributed by atoms with Crippen molar-refractivity contribution in [2.75, 3.05) is 13.2 Å². The summed E-state index contributed by atoms with van der Waals surface area (Å²) in [5.74, 6) is -0.113. The van der Waals surface area contributed by atoms with Crippen LogP contribution in [0.5, 0.6) is 0 Å². The lowest BCUT2D eigenvalue weighted by molar-refractivity contribution is -0.154. The van der Waals surface area contributed by atoms with Gasteiger partial charge in [-0.15, -0.1) is 0 Å². The molecule has 0 radical (unpaired) electrons. The van der Waals surface area contributed by atoms with Crippen LogP contribution in [0, 0.1) is 0 Å². The lowest BCUT2D eigenvalue weighted by Crippen LogP contribution is -2.23. The number of hydrogen-bond acceptors (Lipinski definition) is 3.